The fraction of sp³-hybridized carbons (Fsp3) is 0.500. The molecule has 0 spiro atoms. The molecule has 2 rings (SSSR count). The Bertz CT molecular complexity index is 616. The molecule has 1 unspecified atom stereocenters. The highest BCUT2D eigenvalue weighted by Crippen LogP contribution is 2.26. The second-order valence-electron chi connectivity index (χ2n) is 6.44. The smallest absolute Gasteiger partial charge is 0.334 e. The molecule has 25 heavy (non-hydrogen) atoms. The van der Waals surface area contributed by atoms with Crippen LogP contribution < -0.4 is 0 Å². The van der Waals surface area contributed by atoms with E-state index in [0.29, 0.717) is 18.3 Å². The first-order valence-electron chi connectivity index (χ1n) is 9.24. The minimum Gasteiger partial charge on any atom is -0.477 e. The lowest BCUT2D eigenvalue weighted by molar-refractivity contribution is -0.137. The van der Waals surface area contributed by atoms with Crippen molar-refractivity contribution >= 4 is 5.97 Å². The van der Waals surface area contributed by atoms with Crippen LogP contribution in [0.2, 0.25) is 0 Å². The second-order valence-corrected chi connectivity index (χ2v) is 6.44. The Hall–Kier alpha value is -2.21. The van der Waals surface area contributed by atoms with Crippen LogP contribution in [-0.2, 0) is 14.3 Å². The van der Waals surface area contributed by atoms with Crippen molar-refractivity contribution in [1.29, 1.82) is 0 Å². The molecule has 1 aromatic carbocycles. The van der Waals surface area contributed by atoms with E-state index in [2.05, 4.69) is 11.8 Å². The molecule has 0 saturated heterocycles. The molecule has 1 aromatic rings. The highest BCUT2D eigenvalue weighted by molar-refractivity contribution is 5.82. The molecule has 0 aromatic heterocycles. The summed E-state index contributed by atoms with van der Waals surface area (Å²) in [5.74, 6) is 7.42. The van der Waals surface area contributed by atoms with Crippen LogP contribution in [0.25, 0.3) is 0 Å². The van der Waals surface area contributed by atoms with Gasteiger partial charge in [-0.25, -0.2) is 4.79 Å². The summed E-state index contributed by atoms with van der Waals surface area (Å²) in [6.45, 7) is 3.90. The summed E-state index contributed by atoms with van der Waals surface area (Å²) in [4.78, 5) is 11.6. The highest BCUT2D eigenvalue weighted by Gasteiger charge is 2.13. The lowest BCUT2D eigenvalue weighted by Gasteiger charge is -2.19. The third kappa shape index (κ3) is 7.05. The number of benzene rings is 1. The fourth-order valence-corrected chi connectivity index (χ4v) is 3.07. The summed E-state index contributed by atoms with van der Waals surface area (Å²) in [7, 11) is 0. The van der Waals surface area contributed by atoms with Crippen molar-refractivity contribution in [3.8, 4) is 11.8 Å². The van der Waals surface area contributed by atoms with E-state index in [1.807, 2.05) is 30.3 Å². The number of hydrogen-bond acceptors (Lipinski definition) is 3. The summed E-state index contributed by atoms with van der Waals surface area (Å²) in [6, 6.07) is 9.91. The Labute approximate surface area is 151 Å². The van der Waals surface area contributed by atoms with Gasteiger partial charge in [0, 0.05) is 12.0 Å². The van der Waals surface area contributed by atoms with Crippen LogP contribution in [0.1, 0.15) is 64.0 Å². The molecule has 1 atom stereocenters. The zero-order valence-electron chi connectivity index (χ0n) is 15.3. The van der Waals surface area contributed by atoms with E-state index in [4.69, 9.17) is 9.47 Å². The highest BCUT2D eigenvalue weighted by atomic mass is 16.5. The predicted octanol–water partition coefficient (Wildman–Crippen LogP) is 5.19. The zero-order valence-corrected chi connectivity index (χ0v) is 15.3. The Kier molecular flexibility index (Phi) is 8.12. The van der Waals surface area contributed by atoms with Gasteiger partial charge < -0.3 is 9.47 Å². The van der Waals surface area contributed by atoms with E-state index < -0.39 is 0 Å². The Morgan fingerprint density at radius 3 is 2.64 bits per heavy atom. The third-order valence-electron chi connectivity index (χ3n) is 4.36. The number of carbonyl (C=O) groups excluding carboxylic acids is 1. The van der Waals surface area contributed by atoms with Gasteiger partial charge in [-0.15, -0.1) is 0 Å². The van der Waals surface area contributed by atoms with E-state index in [9.17, 15) is 4.79 Å². The van der Waals surface area contributed by atoms with Crippen LogP contribution in [0.5, 0.6) is 0 Å². The average Bonchev–Trinajstić information content (AvgIpc) is 2.62. The van der Waals surface area contributed by atoms with Gasteiger partial charge in [0.1, 0.15) is 5.76 Å². The maximum absolute atomic E-state index is 11.6. The van der Waals surface area contributed by atoms with Gasteiger partial charge in [-0.05, 0) is 32.6 Å². The molecule has 1 aliphatic carbocycles. The predicted molar refractivity (Wildman–Crippen MR) is 99.6 cm³/mol. The number of ether oxygens (including phenoxy) is 2. The summed E-state index contributed by atoms with van der Waals surface area (Å²) in [6.07, 6.45) is 8.52. The minimum atomic E-state index is -0.387. The number of rotatable bonds is 6. The molecule has 1 aliphatic rings. The van der Waals surface area contributed by atoms with Crippen LogP contribution in [-0.4, -0.2) is 12.6 Å². The van der Waals surface area contributed by atoms with Crippen LogP contribution in [0.15, 0.2) is 42.2 Å². The van der Waals surface area contributed by atoms with E-state index >= 15 is 0 Å². The van der Waals surface area contributed by atoms with E-state index in [1.54, 1.807) is 13.8 Å². The van der Waals surface area contributed by atoms with Crippen LogP contribution in [0.3, 0.4) is 0 Å². The number of hydrogen-bond donors (Lipinski definition) is 0. The zero-order chi connectivity index (χ0) is 17.9. The fourth-order valence-electron chi connectivity index (χ4n) is 3.07. The summed E-state index contributed by atoms with van der Waals surface area (Å²) in [5, 5.41) is 0. The molecule has 134 valence electrons. The minimum absolute atomic E-state index is 0.353. The van der Waals surface area contributed by atoms with Crippen molar-refractivity contribution in [2.45, 2.75) is 58.5 Å². The monoisotopic (exact) mass is 340 g/mol. The van der Waals surface area contributed by atoms with Crippen molar-refractivity contribution in [2.75, 3.05) is 6.61 Å². The van der Waals surface area contributed by atoms with E-state index in [0.717, 1.165) is 12.0 Å². The molecular weight excluding hydrogens is 312 g/mol. The molecule has 0 radical (unpaired) electrons. The normalized spacial score (nSPS) is 16.5. The maximum Gasteiger partial charge on any atom is 0.334 e. The van der Waals surface area contributed by atoms with Crippen LogP contribution in [0.4, 0.5) is 0 Å². The van der Waals surface area contributed by atoms with Crippen molar-refractivity contribution in [1.82, 2.24) is 0 Å². The molecule has 0 heterocycles. The Morgan fingerprint density at radius 2 is 1.96 bits per heavy atom. The number of allylic oxidation sites excluding steroid dienone is 1. The number of carbonyl (C=O) groups is 1. The van der Waals surface area contributed by atoms with Gasteiger partial charge in [0.05, 0.1) is 12.7 Å². The molecule has 3 nitrogen and oxygen atoms in total. The SMILES string of the molecule is CCOC(=O)/C=C(\C)OC(C#CCC1CCCCC1)c1ccccc1. The second kappa shape index (κ2) is 10.6. The number of esters is 1. The first-order chi connectivity index (χ1) is 12.2. The van der Waals surface area contributed by atoms with Gasteiger partial charge in [0.25, 0.3) is 0 Å². The first kappa shape index (κ1) is 19.1. The molecule has 1 fully saturated rings. The first-order valence-corrected chi connectivity index (χ1v) is 9.24. The summed E-state index contributed by atoms with van der Waals surface area (Å²) in [5.41, 5.74) is 0.996. The van der Waals surface area contributed by atoms with Gasteiger partial charge in [0.2, 0.25) is 0 Å². The van der Waals surface area contributed by atoms with Crippen LogP contribution in [0, 0.1) is 17.8 Å². The molecule has 1 saturated carbocycles. The average molecular weight is 340 g/mol. The van der Waals surface area contributed by atoms with Gasteiger partial charge >= 0.3 is 5.97 Å². The molecule has 0 N–H and O–H groups in total. The molecule has 3 heteroatoms. The van der Waals surface area contributed by atoms with E-state index in [1.165, 1.54) is 38.2 Å². The molecule has 0 amide bonds. The van der Waals surface area contributed by atoms with Crippen molar-refractivity contribution in [3.05, 3.63) is 47.7 Å². The molecule has 0 bridgehead atoms. The largest absolute Gasteiger partial charge is 0.477 e. The standard InChI is InChI=1S/C22H28O3/c1-3-24-22(23)17-18(2)25-21(20-14-8-5-9-15-20)16-10-13-19-11-6-4-7-12-19/h5,8-9,14-15,17,19,21H,3-4,6-7,11-13H2,1-2H3/b18-17+. The van der Waals surface area contributed by atoms with Gasteiger partial charge in [-0.2, -0.15) is 0 Å². The lowest BCUT2D eigenvalue weighted by atomic mass is 9.87. The van der Waals surface area contributed by atoms with Crippen molar-refractivity contribution < 1.29 is 14.3 Å². The van der Waals surface area contributed by atoms with Gasteiger partial charge in [0.15, 0.2) is 6.10 Å². The lowest BCUT2D eigenvalue weighted by Crippen LogP contribution is -2.06. The molecular formula is C22H28O3. The quantitative estimate of drug-likeness (QED) is 0.310. The summed E-state index contributed by atoms with van der Waals surface area (Å²) >= 11 is 0. The molecule has 0 aliphatic heterocycles. The van der Waals surface area contributed by atoms with Crippen molar-refractivity contribution in [3.63, 3.8) is 0 Å². The van der Waals surface area contributed by atoms with Gasteiger partial charge in [-0.3, -0.25) is 0 Å². The maximum atomic E-state index is 11.6. The summed E-state index contributed by atoms with van der Waals surface area (Å²) < 4.78 is 10.9. The third-order valence-corrected chi connectivity index (χ3v) is 4.36. The van der Waals surface area contributed by atoms with E-state index in [-0.39, 0.29) is 12.1 Å². The Morgan fingerprint density at radius 1 is 1.24 bits per heavy atom. The topological polar surface area (TPSA) is 35.5 Å². The Balaban J connectivity index is 2.04. The van der Waals surface area contributed by atoms with Gasteiger partial charge in [-0.1, -0.05) is 61.4 Å². The van der Waals surface area contributed by atoms with Crippen molar-refractivity contribution in [2.24, 2.45) is 5.92 Å². The van der Waals surface area contributed by atoms with Crippen LogP contribution >= 0.6 is 0 Å².